The molecular formula is C17H18N2O2. The molecule has 21 heavy (non-hydrogen) atoms. The van der Waals surface area contributed by atoms with E-state index in [1.807, 2.05) is 13.0 Å². The Kier molecular flexibility index (Phi) is 4.48. The fourth-order valence-corrected chi connectivity index (χ4v) is 1.92. The SMILES string of the molecule is CC/C(C)=C\c1cc(-c2cccc(C(=O)O)n2)cnc1C. The van der Waals surface area contributed by atoms with E-state index in [-0.39, 0.29) is 5.69 Å². The van der Waals surface area contributed by atoms with Crippen molar-refractivity contribution in [2.75, 3.05) is 0 Å². The molecule has 1 N–H and O–H groups in total. The summed E-state index contributed by atoms with van der Waals surface area (Å²) in [6.45, 7) is 6.14. The van der Waals surface area contributed by atoms with Crippen molar-refractivity contribution in [1.82, 2.24) is 9.97 Å². The Morgan fingerprint density at radius 3 is 2.81 bits per heavy atom. The zero-order chi connectivity index (χ0) is 15.4. The minimum atomic E-state index is -1.03. The van der Waals surface area contributed by atoms with Gasteiger partial charge in [-0.1, -0.05) is 24.6 Å². The van der Waals surface area contributed by atoms with Crippen LogP contribution in [0.2, 0.25) is 0 Å². The second kappa shape index (κ2) is 6.31. The zero-order valence-corrected chi connectivity index (χ0v) is 12.4. The van der Waals surface area contributed by atoms with Crippen molar-refractivity contribution in [2.45, 2.75) is 27.2 Å². The number of nitrogens with zero attached hydrogens (tertiary/aromatic N) is 2. The molecule has 0 saturated heterocycles. The molecule has 2 rings (SSSR count). The van der Waals surface area contributed by atoms with Gasteiger partial charge in [0.05, 0.1) is 5.69 Å². The number of hydrogen-bond donors (Lipinski definition) is 1. The summed E-state index contributed by atoms with van der Waals surface area (Å²) in [5.74, 6) is -1.03. The summed E-state index contributed by atoms with van der Waals surface area (Å²) in [7, 11) is 0. The lowest BCUT2D eigenvalue weighted by atomic mass is 10.1. The van der Waals surface area contributed by atoms with Crippen molar-refractivity contribution in [3.63, 3.8) is 0 Å². The lowest BCUT2D eigenvalue weighted by Gasteiger charge is -2.06. The number of aromatic carboxylic acids is 1. The van der Waals surface area contributed by atoms with Gasteiger partial charge in [-0.2, -0.15) is 0 Å². The van der Waals surface area contributed by atoms with Gasteiger partial charge in [-0.05, 0) is 44.0 Å². The van der Waals surface area contributed by atoms with Gasteiger partial charge in [0, 0.05) is 17.5 Å². The summed E-state index contributed by atoms with van der Waals surface area (Å²) < 4.78 is 0. The first-order valence-electron chi connectivity index (χ1n) is 6.85. The van der Waals surface area contributed by atoms with Gasteiger partial charge in [0.15, 0.2) is 0 Å². The number of aromatic nitrogens is 2. The molecule has 0 fully saturated rings. The Balaban J connectivity index is 2.48. The fourth-order valence-electron chi connectivity index (χ4n) is 1.92. The molecule has 0 radical (unpaired) electrons. The molecule has 0 unspecified atom stereocenters. The first-order valence-corrected chi connectivity index (χ1v) is 6.85. The van der Waals surface area contributed by atoms with Crippen LogP contribution in [0.4, 0.5) is 0 Å². The Morgan fingerprint density at radius 1 is 1.38 bits per heavy atom. The van der Waals surface area contributed by atoms with Gasteiger partial charge < -0.3 is 5.11 Å². The van der Waals surface area contributed by atoms with Gasteiger partial charge in [-0.25, -0.2) is 9.78 Å². The molecule has 0 aliphatic carbocycles. The van der Waals surface area contributed by atoms with Crippen LogP contribution in [-0.2, 0) is 0 Å². The summed E-state index contributed by atoms with van der Waals surface area (Å²) in [4.78, 5) is 19.5. The topological polar surface area (TPSA) is 63.1 Å². The van der Waals surface area contributed by atoms with E-state index in [0.717, 1.165) is 23.2 Å². The molecular weight excluding hydrogens is 264 g/mol. The van der Waals surface area contributed by atoms with Gasteiger partial charge in [-0.3, -0.25) is 4.98 Å². The number of rotatable bonds is 4. The Bertz CT molecular complexity index is 706. The molecule has 0 aliphatic heterocycles. The van der Waals surface area contributed by atoms with E-state index in [9.17, 15) is 4.79 Å². The minimum Gasteiger partial charge on any atom is -0.477 e. The Hall–Kier alpha value is -2.49. The van der Waals surface area contributed by atoms with E-state index < -0.39 is 5.97 Å². The maximum Gasteiger partial charge on any atom is 0.354 e. The van der Waals surface area contributed by atoms with Gasteiger partial charge in [0.25, 0.3) is 0 Å². The summed E-state index contributed by atoms with van der Waals surface area (Å²) in [6.07, 6.45) is 4.81. The molecule has 0 bridgehead atoms. The van der Waals surface area contributed by atoms with Crippen LogP contribution < -0.4 is 0 Å². The molecule has 4 heteroatoms. The highest BCUT2D eigenvalue weighted by Crippen LogP contribution is 2.21. The number of pyridine rings is 2. The maximum atomic E-state index is 11.0. The van der Waals surface area contributed by atoms with Crippen LogP contribution >= 0.6 is 0 Å². The quantitative estimate of drug-likeness (QED) is 0.921. The van der Waals surface area contributed by atoms with E-state index in [1.54, 1.807) is 18.3 Å². The predicted octanol–water partition coefficient (Wildman–Crippen LogP) is 3.96. The van der Waals surface area contributed by atoms with E-state index >= 15 is 0 Å². The normalized spacial score (nSPS) is 11.5. The van der Waals surface area contributed by atoms with E-state index in [4.69, 9.17) is 5.11 Å². The number of carboxylic acids is 1. The van der Waals surface area contributed by atoms with E-state index in [2.05, 4.69) is 29.9 Å². The average molecular weight is 282 g/mol. The number of aryl methyl sites for hydroxylation is 1. The Morgan fingerprint density at radius 2 is 2.14 bits per heavy atom. The molecule has 0 spiro atoms. The molecule has 0 amide bonds. The molecule has 2 aromatic heterocycles. The van der Waals surface area contributed by atoms with Crippen molar-refractivity contribution in [3.8, 4) is 11.3 Å². The second-order valence-corrected chi connectivity index (χ2v) is 4.96. The smallest absolute Gasteiger partial charge is 0.354 e. The lowest BCUT2D eigenvalue weighted by molar-refractivity contribution is 0.0690. The zero-order valence-electron chi connectivity index (χ0n) is 12.4. The van der Waals surface area contributed by atoms with Crippen LogP contribution in [-0.4, -0.2) is 21.0 Å². The summed E-state index contributed by atoms with van der Waals surface area (Å²) in [5, 5.41) is 9.02. The Labute approximate surface area is 124 Å². The van der Waals surface area contributed by atoms with Crippen molar-refractivity contribution < 1.29 is 9.90 Å². The van der Waals surface area contributed by atoms with Crippen LogP contribution in [0.5, 0.6) is 0 Å². The standard InChI is InChI=1S/C17H18N2O2/c1-4-11(2)8-13-9-14(10-18-12(13)3)15-6-5-7-16(19-15)17(20)21/h5-10H,4H2,1-3H3,(H,20,21)/b11-8-. The monoisotopic (exact) mass is 282 g/mol. The van der Waals surface area contributed by atoms with Crippen molar-refractivity contribution in [2.24, 2.45) is 0 Å². The average Bonchev–Trinajstić information content (AvgIpc) is 2.49. The summed E-state index contributed by atoms with van der Waals surface area (Å²) in [5.41, 5.74) is 4.72. The molecule has 108 valence electrons. The van der Waals surface area contributed by atoms with Crippen LogP contribution in [0.3, 0.4) is 0 Å². The molecule has 0 aliphatic rings. The largest absolute Gasteiger partial charge is 0.477 e. The summed E-state index contributed by atoms with van der Waals surface area (Å²) in [6, 6.07) is 6.96. The first-order chi connectivity index (χ1) is 10.0. The lowest BCUT2D eigenvalue weighted by Crippen LogP contribution is -2.01. The van der Waals surface area contributed by atoms with Crippen molar-refractivity contribution >= 4 is 12.0 Å². The van der Waals surface area contributed by atoms with Gasteiger partial charge in [0.1, 0.15) is 5.69 Å². The van der Waals surface area contributed by atoms with E-state index in [1.165, 1.54) is 11.6 Å². The fraction of sp³-hybridized carbons (Fsp3) is 0.235. The molecule has 0 atom stereocenters. The molecule has 2 aromatic rings. The van der Waals surface area contributed by atoms with Crippen molar-refractivity contribution in [3.05, 3.63) is 53.0 Å². The first kappa shape index (κ1) is 14.9. The van der Waals surface area contributed by atoms with Crippen LogP contribution in [0, 0.1) is 6.92 Å². The molecule has 4 nitrogen and oxygen atoms in total. The third-order valence-corrected chi connectivity index (χ3v) is 3.35. The molecule has 0 aromatic carbocycles. The van der Waals surface area contributed by atoms with Crippen LogP contribution in [0.15, 0.2) is 36.0 Å². The van der Waals surface area contributed by atoms with Crippen LogP contribution in [0.1, 0.15) is 42.0 Å². The molecule has 0 saturated carbocycles. The number of carboxylic acid groups (broad SMARTS) is 1. The maximum absolute atomic E-state index is 11.0. The number of allylic oxidation sites excluding steroid dienone is 1. The van der Waals surface area contributed by atoms with Gasteiger partial charge in [-0.15, -0.1) is 0 Å². The number of hydrogen-bond acceptors (Lipinski definition) is 3. The number of carbonyl (C=O) groups is 1. The van der Waals surface area contributed by atoms with E-state index in [0.29, 0.717) is 5.69 Å². The molecule has 2 heterocycles. The second-order valence-electron chi connectivity index (χ2n) is 4.96. The van der Waals surface area contributed by atoms with Crippen molar-refractivity contribution in [1.29, 1.82) is 0 Å². The highest BCUT2D eigenvalue weighted by molar-refractivity contribution is 5.86. The predicted molar refractivity (Wildman–Crippen MR) is 83.1 cm³/mol. The van der Waals surface area contributed by atoms with Crippen LogP contribution in [0.25, 0.3) is 17.3 Å². The highest BCUT2D eigenvalue weighted by Gasteiger charge is 2.08. The minimum absolute atomic E-state index is 0.0369. The van der Waals surface area contributed by atoms with Gasteiger partial charge in [0.2, 0.25) is 0 Å². The third kappa shape index (κ3) is 3.54. The summed E-state index contributed by atoms with van der Waals surface area (Å²) >= 11 is 0. The highest BCUT2D eigenvalue weighted by atomic mass is 16.4. The third-order valence-electron chi connectivity index (χ3n) is 3.35. The van der Waals surface area contributed by atoms with Gasteiger partial charge >= 0.3 is 5.97 Å².